The van der Waals surface area contributed by atoms with Crippen molar-refractivity contribution in [3.63, 3.8) is 0 Å². The van der Waals surface area contributed by atoms with Gasteiger partial charge in [-0.3, -0.25) is 4.79 Å². The van der Waals surface area contributed by atoms with Gasteiger partial charge in [-0.2, -0.15) is 0 Å². The molecule has 0 aliphatic rings. The molecule has 3 nitrogen and oxygen atoms in total. The Balaban J connectivity index is 0.00000106. The molecule has 1 aromatic rings. The Morgan fingerprint density at radius 1 is 1.25 bits per heavy atom. The van der Waals surface area contributed by atoms with Crippen LogP contribution in [0.5, 0.6) is 0 Å². The van der Waals surface area contributed by atoms with Gasteiger partial charge >= 0.3 is 0 Å². The maximum absolute atomic E-state index is 13.2. The lowest BCUT2D eigenvalue weighted by atomic mass is 10.1. The van der Waals surface area contributed by atoms with Crippen molar-refractivity contribution >= 4 is 27.5 Å². The van der Waals surface area contributed by atoms with Gasteiger partial charge in [-0.1, -0.05) is 13.8 Å². The molecule has 0 spiro atoms. The van der Waals surface area contributed by atoms with Crippen molar-refractivity contribution in [2.45, 2.75) is 20.8 Å². The van der Waals surface area contributed by atoms with Crippen molar-refractivity contribution in [2.75, 3.05) is 5.73 Å². The van der Waals surface area contributed by atoms with Crippen LogP contribution in [0.25, 0.3) is 0 Å². The smallest absolute Gasteiger partial charge is 0.253 e. The third-order valence-corrected chi connectivity index (χ3v) is 2.80. The molecule has 0 saturated heterocycles. The van der Waals surface area contributed by atoms with Gasteiger partial charge in [-0.05, 0) is 28.4 Å². The first kappa shape index (κ1) is 14.8. The van der Waals surface area contributed by atoms with Gasteiger partial charge in [0.2, 0.25) is 0 Å². The van der Waals surface area contributed by atoms with Crippen molar-refractivity contribution in [3.05, 3.63) is 27.2 Å². The van der Waals surface area contributed by atoms with E-state index in [-0.39, 0.29) is 15.7 Å². The minimum absolute atomic E-state index is 0.0995. The summed E-state index contributed by atoms with van der Waals surface area (Å²) < 4.78 is 26.2. The summed E-state index contributed by atoms with van der Waals surface area (Å²) in [7, 11) is 0. The molecule has 90 valence electrons. The van der Waals surface area contributed by atoms with E-state index in [1.807, 2.05) is 13.8 Å². The van der Waals surface area contributed by atoms with Crippen molar-refractivity contribution in [3.8, 4) is 0 Å². The molecule has 0 fully saturated rings. The molecule has 0 atom stereocenters. The molecule has 1 amide bonds. The fourth-order valence-electron chi connectivity index (χ4n) is 1.04. The van der Waals surface area contributed by atoms with Crippen LogP contribution in [0, 0.1) is 18.6 Å². The van der Waals surface area contributed by atoms with E-state index in [1.54, 1.807) is 0 Å². The van der Waals surface area contributed by atoms with Crippen LogP contribution < -0.4 is 11.5 Å². The summed E-state index contributed by atoms with van der Waals surface area (Å²) >= 11 is 2.82. The van der Waals surface area contributed by atoms with Crippen LogP contribution in [-0.4, -0.2) is 5.91 Å². The first-order valence-electron chi connectivity index (χ1n) is 4.60. The monoisotopic (exact) mass is 294 g/mol. The van der Waals surface area contributed by atoms with Gasteiger partial charge in [-0.15, -0.1) is 0 Å². The molecule has 0 heterocycles. The fourth-order valence-corrected chi connectivity index (χ4v) is 1.42. The largest absolute Gasteiger partial charge is 0.398 e. The lowest BCUT2D eigenvalue weighted by Crippen LogP contribution is -2.18. The second-order valence-corrected chi connectivity index (χ2v) is 3.51. The Hall–Kier alpha value is -1.17. The van der Waals surface area contributed by atoms with Crippen LogP contribution in [0.2, 0.25) is 0 Å². The minimum Gasteiger partial charge on any atom is -0.398 e. The molecule has 6 heteroatoms. The number of rotatable bonds is 1. The molecule has 0 unspecified atom stereocenters. The number of nitrogen functional groups attached to an aromatic ring is 1. The Labute approximate surface area is 101 Å². The highest BCUT2D eigenvalue weighted by Gasteiger charge is 2.22. The Kier molecular flexibility index (Phi) is 5.37. The van der Waals surface area contributed by atoms with E-state index >= 15 is 0 Å². The maximum Gasteiger partial charge on any atom is 0.253 e. The SMILES string of the molecule is CC.Cc1c(N)c(C(N)=O)c(F)c(F)c1Br. The Morgan fingerprint density at radius 3 is 2.06 bits per heavy atom. The highest BCUT2D eigenvalue weighted by atomic mass is 79.9. The van der Waals surface area contributed by atoms with Crippen LogP contribution in [0.15, 0.2) is 4.47 Å². The van der Waals surface area contributed by atoms with Crippen LogP contribution >= 0.6 is 15.9 Å². The molecule has 0 saturated carbocycles. The van der Waals surface area contributed by atoms with Crippen molar-refractivity contribution < 1.29 is 13.6 Å². The van der Waals surface area contributed by atoms with Gasteiger partial charge in [0.15, 0.2) is 11.6 Å². The van der Waals surface area contributed by atoms with Crippen molar-refractivity contribution in [1.29, 1.82) is 0 Å². The molecule has 0 aliphatic heterocycles. The highest BCUT2D eigenvalue weighted by Crippen LogP contribution is 2.31. The zero-order valence-electron chi connectivity index (χ0n) is 9.20. The standard InChI is InChI=1S/C8H7BrF2N2O.C2H6/c1-2-4(9)6(11)5(10)3(7(2)12)8(13)14;1-2/h12H2,1H3,(H2,13,14);1-2H3. The molecule has 1 aromatic carbocycles. The summed E-state index contributed by atoms with van der Waals surface area (Å²) in [6.07, 6.45) is 0. The molecule has 0 bridgehead atoms. The molecule has 1 rings (SSSR count). The lowest BCUT2D eigenvalue weighted by molar-refractivity contribution is 0.0996. The molecule has 4 N–H and O–H groups in total. The van der Waals surface area contributed by atoms with Crippen LogP contribution in [0.4, 0.5) is 14.5 Å². The van der Waals surface area contributed by atoms with Crippen LogP contribution in [0.3, 0.4) is 0 Å². The number of halogens is 3. The predicted octanol–water partition coefficient (Wildman–Crippen LogP) is 2.74. The molecule has 0 aromatic heterocycles. The number of carbonyl (C=O) groups excluding carboxylic acids is 1. The van der Waals surface area contributed by atoms with Gasteiger partial charge in [0.25, 0.3) is 5.91 Å². The molecule has 0 aliphatic carbocycles. The van der Waals surface area contributed by atoms with E-state index < -0.39 is 23.1 Å². The van der Waals surface area contributed by atoms with E-state index in [4.69, 9.17) is 11.5 Å². The first-order valence-corrected chi connectivity index (χ1v) is 5.39. The van der Waals surface area contributed by atoms with Gasteiger partial charge in [0, 0.05) is 0 Å². The second-order valence-electron chi connectivity index (χ2n) is 2.72. The van der Waals surface area contributed by atoms with E-state index in [0.717, 1.165) is 0 Å². The predicted molar refractivity (Wildman–Crippen MR) is 63.1 cm³/mol. The number of nitrogens with two attached hydrogens (primary N) is 2. The molecule has 0 radical (unpaired) electrons. The summed E-state index contributed by atoms with van der Waals surface area (Å²) in [5.41, 5.74) is 9.77. The Bertz CT molecular complexity index is 393. The van der Waals surface area contributed by atoms with Crippen LogP contribution in [0.1, 0.15) is 29.8 Å². The van der Waals surface area contributed by atoms with Gasteiger partial charge in [-0.25, -0.2) is 8.78 Å². The normalized spacial score (nSPS) is 9.38. The summed E-state index contributed by atoms with van der Waals surface area (Å²) in [4.78, 5) is 10.8. The lowest BCUT2D eigenvalue weighted by Gasteiger charge is -2.09. The quantitative estimate of drug-likeness (QED) is 0.618. The number of anilines is 1. The van der Waals surface area contributed by atoms with Gasteiger partial charge in [0.05, 0.1) is 10.2 Å². The summed E-state index contributed by atoms with van der Waals surface area (Å²) in [6, 6.07) is 0. The number of primary amides is 1. The van der Waals surface area contributed by atoms with Gasteiger partial charge in [0.1, 0.15) is 5.56 Å². The average molecular weight is 295 g/mol. The van der Waals surface area contributed by atoms with E-state index in [9.17, 15) is 13.6 Å². The number of hydrogen-bond acceptors (Lipinski definition) is 2. The van der Waals surface area contributed by atoms with E-state index in [2.05, 4.69) is 15.9 Å². The summed E-state index contributed by atoms with van der Waals surface area (Å²) in [5.74, 6) is -3.58. The number of amides is 1. The average Bonchev–Trinajstić information content (AvgIpc) is 2.26. The number of carbonyl (C=O) groups is 1. The maximum atomic E-state index is 13.2. The summed E-state index contributed by atoms with van der Waals surface area (Å²) in [5, 5.41) is 0. The van der Waals surface area contributed by atoms with Crippen LogP contribution in [-0.2, 0) is 0 Å². The Morgan fingerprint density at radius 2 is 1.69 bits per heavy atom. The first-order chi connectivity index (χ1) is 7.37. The molecular formula is C10H13BrF2N2O. The fraction of sp³-hybridized carbons (Fsp3) is 0.300. The van der Waals surface area contributed by atoms with Gasteiger partial charge < -0.3 is 11.5 Å². The van der Waals surface area contributed by atoms with Crippen molar-refractivity contribution in [1.82, 2.24) is 0 Å². The van der Waals surface area contributed by atoms with E-state index in [0.29, 0.717) is 0 Å². The number of benzene rings is 1. The second kappa shape index (κ2) is 5.79. The summed E-state index contributed by atoms with van der Waals surface area (Å²) in [6.45, 7) is 5.45. The minimum atomic E-state index is -1.33. The molecule has 16 heavy (non-hydrogen) atoms. The topological polar surface area (TPSA) is 69.1 Å². The van der Waals surface area contributed by atoms with Crippen molar-refractivity contribution in [2.24, 2.45) is 5.73 Å². The molecular weight excluding hydrogens is 282 g/mol. The third-order valence-electron chi connectivity index (χ3n) is 1.85. The third kappa shape index (κ3) is 2.49. The highest BCUT2D eigenvalue weighted by molar-refractivity contribution is 9.10. The number of hydrogen-bond donors (Lipinski definition) is 2. The van der Waals surface area contributed by atoms with E-state index in [1.165, 1.54) is 6.92 Å². The zero-order chi connectivity index (χ0) is 13.0. The zero-order valence-corrected chi connectivity index (χ0v) is 10.8.